The number of hydrogen-bond acceptors (Lipinski definition) is 3. The molecule has 0 aliphatic carbocycles. The first-order valence-corrected chi connectivity index (χ1v) is 8.08. The van der Waals surface area contributed by atoms with E-state index < -0.39 is 6.04 Å². The number of nitrogens with one attached hydrogen (secondary N) is 1. The fraction of sp³-hybridized carbons (Fsp3) is 0.263. The van der Waals surface area contributed by atoms with Crippen molar-refractivity contribution < 1.29 is 9.18 Å². The normalized spacial score (nSPS) is 12.5. The quantitative estimate of drug-likeness (QED) is 0.777. The van der Waals surface area contributed by atoms with Crippen molar-refractivity contribution in [2.75, 3.05) is 14.1 Å². The van der Waals surface area contributed by atoms with Gasteiger partial charge in [0.05, 0.1) is 17.6 Å². The molecule has 3 rings (SSSR count). The number of carbonyl (C=O) groups is 1. The van der Waals surface area contributed by atoms with E-state index in [1.165, 1.54) is 6.07 Å². The van der Waals surface area contributed by atoms with Gasteiger partial charge in [0, 0.05) is 12.6 Å². The minimum absolute atomic E-state index is 0.262. The highest BCUT2D eigenvalue weighted by Crippen LogP contribution is 2.22. The molecule has 5 nitrogen and oxygen atoms in total. The molecule has 0 spiro atoms. The van der Waals surface area contributed by atoms with E-state index in [4.69, 9.17) is 0 Å². The fourth-order valence-corrected chi connectivity index (χ4v) is 2.97. The number of halogens is 1. The van der Waals surface area contributed by atoms with Crippen molar-refractivity contribution in [3.8, 4) is 0 Å². The molecule has 0 aliphatic rings. The fourth-order valence-electron chi connectivity index (χ4n) is 2.97. The van der Waals surface area contributed by atoms with E-state index in [0.29, 0.717) is 5.56 Å². The average Bonchev–Trinajstić information content (AvgIpc) is 2.91. The van der Waals surface area contributed by atoms with E-state index in [9.17, 15) is 9.18 Å². The third-order valence-electron chi connectivity index (χ3n) is 4.27. The molecule has 0 saturated carbocycles. The number of imidazole rings is 1. The lowest BCUT2D eigenvalue weighted by molar-refractivity contribution is -0.126. The van der Waals surface area contributed by atoms with Gasteiger partial charge in [0.15, 0.2) is 0 Å². The van der Waals surface area contributed by atoms with Crippen LogP contribution in [0.3, 0.4) is 0 Å². The Hall–Kier alpha value is -2.73. The van der Waals surface area contributed by atoms with Crippen LogP contribution in [-0.4, -0.2) is 34.5 Å². The predicted molar refractivity (Wildman–Crippen MR) is 95.4 cm³/mol. The number of nitrogens with zero attached hydrogens (tertiary/aromatic N) is 3. The zero-order valence-corrected chi connectivity index (χ0v) is 14.5. The third kappa shape index (κ3) is 3.39. The smallest absolute Gasteiger partial charge is 0.242 e. The lowest BCUT2D eigenvalue weighted by Gasteiger charge is -2.24. The van der Waals surface area contributed by atoms with Crippen molar-refractivity contribution in [1.29, 1.82) is 0 Å². The second-order valence-corrected chi connectivity index (χ2v) is 6.18. The number of likely N-dealkylation sites (N-methyl/N-ethyl adjacent to an activating group) is 1. The van der Waals surface area contributed by atoms with E-state index in [0.717, 1.165) is 16.9 Å². The molecule has 130 valence electrons. The first-order valence-electron chi connectivity index (χ1n) is 8.08. The van der Waals surface area contributed by atoms with Crippen molar-refractivity contribution >= 4 is 16.9 Å². The van der Waals surface area contributed by atoms with E-state index in [1.807, 2.05) is 35.9 Å². The molecule has 1 N–H and O–H groups in total. The first-order chi connectivity index (χ1) is 12.0. The Labute approximate surface area is 146 Å². The maximum Gasteiger partial charge on any atom is 0.242 e. The number of fused-ring (bicyclic) bond motifs is 1. The Kier molecular flexibility index (Phi) is 4.81. The van der Waals surface area contributed by atoms with Crippen LogP contribution in [0.25, 0.3) is 11.0 Å². The molecule has 1 amide bonds. The molecular formula is C19H21FN4O. The third-order valence-corrected chi connectivity index (χ3v) is 4.27. The van der Waals surface area contributed by atoms with Gasteiger partial charge in [-0.2, -0.15) is 0 Å². The number of amides is 1. The Bertz CT molecular complexity index is 903. The van der Waals surface area contributed by atoms with Gasteiger partial charge in [0.25, 0.3) is 0 Å². The predicted octanol–water partition coefficient (Wildman–Crippen LogP) is 2.63. The zero-order valence-electron chi connectivity index (χ0n) is 14.5. The van der Waals surface area contributed by atoms with Crippen molar-refractivity contribution in [2.45, 2.75) is 12.6 Å². The minimum atomic E-state index is -0.698. The van der Waals surface area contributed by atoms with Gasteiger partial charge in [-0.05, 0) is 32.3 Å². The Morgan fingerprint density at radius 1 is 1.20 bits per heavy atom. The largest absolute Gasteiger partial charge is 0.347 e. The van der Waals surface area contributed by atoms with Crippen molar-refractivity contribution in [2.24, 2.45) is 7.05 Å². The molecule has 6 heteroatoms. The van der Waals surface area contributed by atoms with Crippen LogP contribution in [0.5, 0.6) is 0 Å². The second-order valence-electron chi connectivity index (χ2n) is 6.18. The van der Waals surface area contributed by atoms with E-state index in [2.05, 4.69) is 10.3 Å². The number of aryl methyl sites for hydroxylation is 1. The van der Waals surface area contributed by atoms with Crippen LogP contribution in [0, 0.1) is 5.82 Å². The number of aromatic nitrogens is 2. The van der Waals surface area contributed by atoms with Gasteiger partial charge in [-0.3, -0.25) is 9.69 Å². The van der Waals surface area contributed by atoms with Gasteiger partial charge in [-0.1, -0.05) is 30.3 Å². The molecule has 1 atom stereocenters. The van der Waals surface area contributed by atoms with Gasteiger partial charge >= 0.3 is 0 Å². The van der Waals surface area contributed by atoms with Crippen molar-refractivity contribution in [1.82, 2.24) is 19.8 Å². The topological polar surface area (TPSA) is 50.2 Å². The summed E-state index contributed by atoms with van der Waals surface area (Å²) in [6.45, 7) is 0.281. The Morgan fingerprint density at radius 2 is 1.88 bits per heavy atom. The Balaban J connectivity index is 1.80. The van der Waals surface area contributed by atoms with Crippen LogP contribution in [0.4, 0.5) is 4.39 Å². The van der Waals surface area contributed by atoms with Gasteiger partial charge in [0.1, 0.15) is 17.7 Å². The Morgan fingerprint density at radius 3 is 2.56 bits per heavy atom. The second kappa shape index (κ2) is 7.03. The van der Waals surface area contributed by atoms with Gasteiger partial charge < -0.3 is 9.88 Å². The SMILES string of the molecule is CN(C)[C@@H](C(=O)NCc1nc2ccccc2n1C)c1ccccc1F. The monoisotopic (exact) mass is 340 g/mol. The molecule has 2 aromatic carbocycles. The molecule has 0 radical (unpaired) electrons. The molecule has 1 aromatic heterocycles. The summed E-state index contributed by atoms with van der Waals surface area (Å²) < 4.78 is 16.1. The highest BCUT2D eigenvalue weighted by atomic mass is 19.1. The number of rotatable bonds is 5. The molecular weight excluding hydrogens is 319 g/mol. The zero-order chi connectivity index (χ0) is 18.0. The summed E-state index contributed by atoms with van der Waals surface area (Å²) in [7, 11) is 5.43. The molecule has 25 heavy (non-hydrogen) atoms. The van der Waals surface area contributed by atoms with Crippen LogP contribution in [0.15, 0.2) is 48.5 Å². The number of hydrogen-bond donors (Lipinski definition) is 1. The highest BCUT2D eigenvalue weighted by molar-refractivity contribution is 5.83. The van der Waals surface area contributed by atoms with E-state index >= 15 is 0 Å². The van der Waals surface area contributed by atoms with Crippen molar-refractivity contribution in [3.63, 3.8) is 0 Å². The molecule has 0 fully saturated rings. The number of carbonyl (C=O) groups excluding carboxylic acids is 1. The highest BCUT2D eigenvalue weighted by Gasteiger charge is 2.25. The van der Waals surface area contributed by atoms with Crippen LogP contribution in [0.1, 0.15) is 17.4 Å². The van der Waals surface area contributed by atoms with Gasteiger partial charge in [-0.15, -0.1) is 0 Å². The summed E-state index contributed by atoms with van der Waals surface area (Å²) in [5, 5.41) is 2.88. The van der Waals surface area contributed by atoms with Gasteiger partial charge in [-0.25, -0.2) is 9.37 Å². The molecule has 0 bridgehead atoms. The van der Waals surface area contributed by atoms with Crippen LogP contribution < -0.4 is 5.32 Å². The average molecular weight is 340 g/mol. The summed E-state index contributed by atoms with van der Waals surface area (Å²) >= 11 is 0. The maximum atomic E-state index is 14.1. The number of para-hydroxylation sites is 2. The van der Waals surface area contributed by atoms with Crippen molar-refractivity contribution in [3.05, 3.63) is 65.7 Å². The van der Waals surface area contributed by atoms with E-state index in [-0.39, 0.29) is 18.3 Å². The summed E-state index contributed by atoms with van der Waals surface area (Å²) in [6.07, 6.45) is 0. The molecule has 0 saturated heterocycles. The van der Waals surface area contributed by atoms with E-state index in [1.54, 1.807) is 37.2 Å². The first kappa shape index (κ1) is 17.1. The van der Waals surface area contributed by atoms with Crippen LogP contribution in [0.2, 0.25) is 0 Å². The summed E-state index contributed by atoms with van der Waals surface area (Å²) in [4.78, 5) is 18.9. The molecule has 1 heterocycles. The lowest BCUT2D eigenvalue weighted by Crippen LogP contribution is -2.37. The summed E-state index contributed by atoms with van der Waals surface area (Å²) in [5.74, 6) is 0.0989. The number of benzene rings is 2. The summed E-state index contributed by atoms with van der Waals surface area (Å²) in [5.41, 5.74) is 2.24. The molecule has 0 aliphatic heterocycles. The lowest BCUT2D eigenvalue weighted by atomic mass is 10.0. The summed E-state index contributed by atoms with van der Waals surface area (Å²) in [6, 6.07) is 13.4. The maximum absolute atomic E-state index is 14.1. The molecule has 3 aromatic rings. The standard InChI is InChI=1S/C19H21FN4O/c1-23(2)18(13-8-4-5-9-14(13)20)19(25)21-12-17-22-15-10-6-7-11-16(15)24(17)3/h4-11,18H,12H2,1-3H3,(H,21,25)/t18-/m1/s1. The van der Waals surface area contributed by atoms with Crippen LogP contribution in [-0.2, 0) is 18.4 Å². The molecule has 0 unspecified atom stereocenters. The van der Waals surface area contributed by atoms with Gasteiger partial charge in [0.2, 0.25) is 5.91 Å². The van der Waals surface area contributed by atoms with Crippen LogP contribution >= 0.6 is 0 Å². The minimum Gasteiger partial charge on any atom is -0.347 e.